The summed E-state index contributed by atoms with van der Waals surface area (Å²) in [7, 11) is 0. The van der Waals surface area contributed by atoms with Crippen LogP contribution in [0.3, 0.4) is 0 Å². The van der Waals surface area contributed by atoms with Gasteiger partial charge in [-0.2, -0.15) is 4.98 Å². The van der Waals surface area contributed by atoms with E-state index in [1.54, 1.807) is 6.92 Å². The highest BCUT2D eigenvalue weighted by atomic mass is 16.5. The zero-order valence-electron chi connectivity index (χ0n) is 15.4. The number of rotatable bonds is 5. The summed E-state index contributed by atoms with van der Waals surface area (Å²) in [6, 6.07) is 13.9. The number of hydrogen-bond donors (Lipinski definition) is 1. The number of carbonyl (C=O) groups is 1. The number of benzene rings is 2. The molecular formula is C21H23N3O3. The molecule has 0 spiro atoms. The van der Waals surface area contributed by atoms with Crippen LogP contribution in [-0.4, -0.2) is 22.7 Å². The Labute approximate surface area is 157 Å². The van der Waals surface area contributed by atoms with E-state index in [0.29, 0.717) is 17.5 Å². The molecule has 0 unspecified atom stereocenters. The Hall–Kier alpha value is -2.89. The second-order valence-electron chi connectivity index (χ2n) is 7.13. The molecule has 1 aromatic heterocycles. The molecule has 3 aromatic rings. The van der Waals surface area contributed by atoms with Gasteiger partial charge in [-0.05, 0) is 35.7 Å². The average Bonchev–Trinajstić information content (AvgIpc) is 3.14. The van der Waals surface area contributed by atoms with Crippen molar-refractivity contribution in [2.75, 3.05) is 6.61 Å². The van der Waals surface area contributed by atoms with Crippen molar-refractivity contribution in [3.63, 3.8) is 0 Å². The molecule has 1 fully saturated rings. The number of amides is 1. The first-order valence-corrected chi connectivity index (χ1v) is 9.38. The SMILES string of the molecule is Cc1nc(C2(NC(=O)COc3ccc4ccccc4c3)CCCCC2)no1. The Kier molecular flexibility index (Phi) is 4.79. The minimum atomic E-state index is -0.556. The maximum absolute atomic E-state index is 12.6. The van der Waals surface area contributed by atoms with E-state index in [4.69, 9.17) is 9.26 Å². The molecule has 0 radical (unpaired) electrons. The molecule has 6 nitrogen and oxygen atoms in total. The van der Waals surface area contributed by atoms with E-state index < -0.39 is 5.54 Å². The molecule has 1 aliphatic rings. The maximum atomic E-state index is 12.6. The van der Waals surface area contributed by atoms with Crippen molar-refractivity contribution in [1.29, 1.82) is 0 Å². The van der Waals surface area contributed by atoms with Crippen molar-refractivity contribution in [3.05, 3.63) is 54.2 Å². The van der Waals surface area contributed by atoms with Gasteiger partial charge in [-0.15, -0.1) is 0 Å². The first-order valence-electron chi connectivity index (χ1n) is 9.38. The van der Waals surface area contributed by atoms with Gasteiger partial charge in [0.25, 0.3) is 5.91 Å². The van der Waals surface area contributed by atoms with Crippen LogP contribution in [0.2, 0.25) is 0 Å². The predicted octanol–water partition coefficient (Wildman–Crippen LogP) is 3.89. The third-order valence-electron chi connectivity index (χ3n) is 5.13. The van der Waals surface area contributed by atoms with Gasteiger partial charge in [0, 0.05) is 6.92 Å². The van der Waals surface area contributed by atoms with Crippen LogP contribution in [0.1, 0.15) is 43.8 Å². The van der Waals surface area contributed by atoms with Gasteiger partial charge in [-0.3, -0.25) is 4.79 Å². The highest BCUT2D eigenvalue weighted by Gasteiger charge is 2.39. The van der Waals surface area contributed by atoms with Crippen LogP contribution in [-0.2, 0) is 10.3 Å². The van der Waals surface area contributed by atoms with Crippen LogP contribution in [0.4, 0.5) is 0 Å². The Morgan fingerprint density at radius 3 is 2.67 bits per heavy atom. The first kappa shape index (κ1) is 17.5. The Morgan fingerprint density at radius 1 is 1.15 bits per heavy atom. The largest absolute Gasteiger partial charge is 0.484 e. The molecule has 0 atom stereocenters. The summed E-state index contributed by atoms with van der Waals surface area (Å²) in [6.07, 6.45) is 4.84. The maximum Gasteiger partial charge on any atom is 0.258 e. The fourth-order valence-corrected chi connectivity index (χ4v) is 3.76. The molecular weight excluding hydrogens is 342 g/mol. The molecule has 1 saturated carbocycles. The lowest BCUT2D eigenvalue weighted by Crippen LogP contribution is -2.49. The second-order valence-corrected chi connectivity index (χ2v) is 7.13. The lowest BCUT2D eigenvalue weighted by atomic mass is 9.81. The van der Waals surface area contributed by atoms with Crippen molar-refractivity contribution in [1.82, 2.24) is 15.5 Å². The first-order chi connectivity index (χ1) is 13.1. The molecule has 1 N–H and O–H groups in total. The summed E-state index contributed by atoms with van der Waals surface area (Å²) in [5.41, 5.74) is -0.556. The molecule has 2 aromatic carbocycles. The molecule has 1 amide bonds. The number of ether oxygens (including phenoxy) is 1. The van der Waals surface area contributed by atoms with Gasteiger partial charge in [0.05, 0.1) is 0 Å². The van der Waals surface area contributed by atoms with Gasteiger partial charge >= 0.3 is 0 Å². The van der Waals surface area contributed by atoms with E-state index in [-0.39, 0.29) is 12.5 Å². The van der Waals surface area contributed by atoms with Crippen LogP contribution in [0, 0.1) is 6.92 Å². The monoisotopic (exact) mass is 365 g/mol. The number of aryl methyl sites for hydroxylation is 1. The van der Waals surface area contributed by atoms with E-state index in [9.17, 15) is 4.79 Å². The Morgan fingerprint density at radius 2 is 1.93 bits per heavy atom. The summed E-state index contributed by atoms with van der Waals surface area (Å²) in [5.74, 6) is 1.58. The zero-order valence-corrected chi connectivity index (χ0v) is 15.4. The van der Waals surface area contributed by atoms with Gasteiger partial charge in [0.2, 0.25) is 5.89 Å². The number of fused-ring (bicyclic) bond motifs is 1. The van der Waals surface area contributed by atoms with Crippen LogP contribution in [0.25, 0.3) is 10.8 Å². The third-order valence-corrected chi connectivity index (χ3v) is 5.13. The minimum Gasteiger partial charge on any atom is -0.484 e. The van der Waals surface area contributed by atoms with E-state index in [1.165, 1.54) is 0 Å². The molecule has 27 heavy (non-hydrogen) atoms. The smallest absolute Gasteiger partial charge is 0.258 e. The number of carbonyl (C=O) groups excluding carboxylic acids is 1. The summed E-state index contributed by atoms with van der Waals surface area (Å²) in [6.45, 7) is 1.72. The summed E-state index contributed by atoms with van der Waals surface area (Å²) >= 11 is 0. The summed E-state index contributed by atoms with van der Waals surface area (Å²) in [4.78, 5) is 17.0. The number of nitrogens with zero attached hydrogens (tertiary/aromatic N) is 2. The van der Waals surface area contributed by atoms with Crippen molar-refractivity contribution < 1.29 is 14.1 Å². The van der Waals surface area contributed by atoms with Crippen molar-refractivity contribution in [2.45, 2.75) is 44.6 Å². The fourth-order valence-electron chi connectivity index (χ4n) is 3.76. The molecule has 0 saturated heterocycles. The van der Waals surface area contributed by atoms with Gasteiger partial charge in [-0.25, -0.2) is 0 Å². The summed E-state index contributed by atoms with van der Waals surface area (Å²) < 4.78 is 10.9. The van der Waals surface area contributed by atoms with E-state index in [1.807, 2.05) is 42.5 Å². The topological polar surface area (TPSA) is 77.2 Å². The van der Waals surface area contributed by atoms with Crippen molar-refractivity contribution >= 4 is 16.7 Å². The molecule has 0 bridgehead atoms. The van der Waals surface area contributed by atoms with E-state index in [2.05, 4.69) is 15.5 Å². The summed E-state index contributed by atoms with van der Waals surface area (Å²) in [5, 5.41) is 9.42. The lowest BCUT2D eigenvalue weighted by Gasteiger charge is -2.35. The molecule has 0 aliphatic heterocycles. The lowest BCUT2D eigenvalue weighted by molar-refractivity contribution is -0.125. The molecule has 4 rings (SSSR count). The molecule has 1 heterocycles. The van der Waals surface area contributed by atoms with Crippen LogP contribution in [0.5, 0.6) is 5.75 Å². The number of aromatic nitrogens is 2. The van der Waals surface area contributed by atoms with Crippen molar-refractivity contribution in [2.24, 2.45) is 0 Å². The average molecular weight is 365 g/mol. The molecule has 1 aliphatic carbocycles. The second kappa shape index (κ2) is 7.39. The van der Waals surface area contributed by atoms with Gasteiger partial charge in [-0.1, -0.05) is 54.8 Å². The van der Waals surface area contributed by atoms with Crippen LogP contribution < -0.4 is 10.1 Å². The van der Waals surface area contributed by atoms with E-state index >= 15 is 0 Å². The quantitative estimate of drug-likeness (QED) is 0.742. The Balaban J connectivity index is 1.45. The highest BCUT2D eigenvalue weighted by Crippen LogP contribution is 2.35. The predicted molar refractivity (Wildman–Crippen MR) is 101 cm³/mol. The fraction of sp³-hybridized carbons (Fsp3) is 0.381. The zero-order chi connectivity index (χ0) is 18.7. The van der Waals surface area contributed by atoms with E-state index in [0.717, 1.165) is 42.9 Å². The van der Waals surface area contributed by atoms with Gasteiger partial charge < -0.3 is 14.6 Å². The molecule has 140 valence electrons. The minimum absolute atomic E-state index is 0.0447. The van der Waals surface area contributed by atoms with Gasteiger partial charge in [0.15, 0.2) is 12.4 Å². The third kappa shape index (κ3) is 3.79. The van der Waals surface area contributed by atoms with Gasteiger partial charge in [0.1, 0.15) is 11.3 Å². The standard InChI is InChI=1S/C21H23N3O3/c1-15-22-20(24-27-15)21(11-5-2-6-12-21)23-19(25)14-26-18-10-9-16-7-3-4-8-17(16)13-18/h3-4,7-10,13H,2,5-6,11-12,14H2,1H3,(H,23,25). The number of hydrogen-bond acceptors (Lipinski definition) is 5. The van der Waals surface area contributed by atoms with Crippen LogP contribution >= 0.6 is 0 Å². The number of nitrogens with one attached hydrogen (secondary N) is 1. The Bertz CT molecular complexity index is 945. The molecule has 6 heteroatoms. The normalized spacial score (nSPS) is 16.2. The van der Waals surface area contributed by atoms with Crippen LogP contribution in [0.15, 0.2) is 47.0 Å². The highest BCUT2D eigenvalue weighted by molar-refractivity contribution is 5.84. The van der Waals surface area contributed by atoms with Crippen molar-refractivity contribution in [3.8, 4) is 5.75 Å².